The Morgan fingerprint density at radius 3 is 2.94 bits per heavy atom. The number of aromatic nitrogens is 4. The number of tetrazole rings is 1. The van der Waals surface area contributed by atoms with Crippen molar-refractivity contribution in [3.8, 4) is 5.69 Å². The van der Waals surface area contributed by atoms with E-state index < -0.39 is 0 Å². The molecule has 1 N–H and O–H groups in total. The molecule has 0 saturated heterocycles. The van der Waals surface area contributed by atoms with E-state index in [-0.39, 0.29) is 0 Å². The average Bonchev–Trinajstić information content (AvgIpc) is 2.70. The molecule has 0 spiro atoms. The third-order valence-corrected chi connectivity index (χ3v) is 2.56. The van der Waals surface area contributed by atoms with E-state index in [1.807, 2.05) is 7.05 Å². The van der Waals surface area contributed by atoms with Gasteiger partial charge in [-0.05, 0) is 35.7 Å². The number of nitrogens with one attached hydrogen (secondary N) is 1. The third kappa shape index (κ3) is 2.16. The van der Waals surface area contributed by atoms with Crippen LogP contribution in [-0.4, -0.2) is 27.3 Å². The molecule has 0 fully saturated rings. The first-order valence-electron chi connectivity index (χ1n) is 4.59. The minimum absolute atomic E-state index is 0.550. The van der Waals surface area contributed by atoms with Crippen molar-refractivity contribution in [2.45, 2.75) is 6.54 Å². The van der Waals surface area contributed by atoms with Crippen molar-refractivity contribution in [2.75, 3.05) is 7.05 Å². The second-order valence-corrected chi connectivity index (χ2v) is 3.98. The Kier molecular flexibility index (Phi) is 3.38. The summed E-state index contributed by atoms with van der Waals surface area (Å²) in [5.74, 6) is 0.673. The van der Waals surface area contributed by atoms with Gasteiger partial charge in [0.25, 0.3) is 0 Å². The Labute approximate surface area is 102 Å². The van der Waals surface area contributed by atoms with Gasteiger partial charge in [-0.15, -0.1) is 5.10 Å². The highest BCUT2D eigenvalue weighted by atomic mass is 35.5. The van der Waals surface area contributed by atoms with Crippen molar-refractivity contribution in [2.24, 2.45) is 0 Å². The summed E-state index contributed by atoms with van der Waals surface area (Å²) in [5.41, 5.74) is 0.671. The van der Waals surface area contributed by atoms with Crippen LogP contribution in [0.4, 0.5) is 0 Å². The van der Waals surface area contributed by atoms with Crippen molar-refractivity contribution in [1.82, 2.24) is 25.5 Å². The highest BCUT2D eigenvalue weighted by Crippen LogP contribution is 2.24. The van der Waals surface area contributed by atoms with E-state index in [9.17, 15) is 0 Å². The van der Waals surface area contributed by atoms with Gasteiger partial charge >= 0.3 is 0 Å². The van der Waals surface area contributed by atoms with Crippen molar-refractivity contribution in [3.63, 3.8) is 0 Å². The maximum absolute atomic E-state index is 6.06. The molecule has 7 heteroatoms. The lowest BCUT2D eigenvalue weighted by atomic mass is 10.3. The lowest BCUT2D eigenvalue weighted by molar-refractivity contribution is 0.709. The molecule has 0 aliphatic carbocycles. The van der Waals surface area contributed by atoms with Gasteiger partial charge < -0.3 is 5.32 Å². The normalized spacial score (nSPS) is 10.7. The van der Waals surface area contributed by atoms with Crippen LogP contribution in [0.3, 0.4) is 0 Å². The van der Waals surface area contributed by atoms with E-state index in [1.54, 1.807) is 22.9 Å². The number of hydrogen-bond donors (Lipinski definition) is 1. The molecule has 1 aromatic heterocycles. The van der Waals surface area contributed by atoms with E-state index in [0.717, 1.165) is 0 Å². The Morgan fingerprint density at radius 1 is 1.38 bits per heavy atom. The van der Waals surface area contributed by atoms with Crippen molar-refractivity contribution >= 4 is 23.2 Å². The fraction of sp³-hybridized carbons (Fsp3) is 0.222. The van der Waals surface area contributed by atoms with Crippen LogP contribution in [0.2, 0.25) is 10.0 Å². The molecular weight excluding hydrogens is 249 g/mol. The standard InChI is InChI=1S/C9H9Cl2N5/c1-12-5-9-13-14-15-16(9)8-4-6(10)2-3-7(8)11/h2-4,12H,5H2,1H3. The summed E-state index contributed by atoms with van der Waals surface area (Å²) < 4.78 is 1.56. The summed E-state index contributed by atoms with van der Waals surface area (Å²) in [4.78, 5) is 0. The lowest BCUT2D eigenvalue weighted by Crippen LogP contribution is -2.12. The molecule has 0 saturated carbocycles. The molecular formula is C9H9Cl2N5. The molecule has 0 amide bonds. The number of halogens is 2. The number of rotatable bonds is 3. The van der Waals surface area contributed by atoms with Gasteiger partial charge in [0, 0.05) is 5.02 Å². The fourth-order valence-electron chi connectivity index (χ4n) is 1.31. The zero-order valence-corrected chi connectivity index (χ0v) is 10.00. The van der Waals surface area contributed by atoms with Gasteiger partial charge in [-0.2, -0.15) is 4.68 Å². The molecule has 0 aliphatic heterocycles. The van der Waals surface area contributed by atoms with Crippen molar-refractivity contribution < 1.29 is 0 Å². The molecule has 0 bridgehead atoms. The quantitative estimate of drug-likeness (QED) is 0.910. The van der Waals surface area contributed by atoms with Crippen LogP contribution in [-0.2, 0) is 6.54 Å². The second-order valence-electron chi connectivity index (χ2n) is 3.13. The maximum atomic E-state index is 6.06. The summed E-state index contributed by atoms with van der Waals surface area (Å²) in [7, 11) is 1.82. The summed E-state index contributed by atoms with van der Waals surface area (Å²) in [6.07, 6.45) is 0. The first-order valence-corrected chi connectivity index (χ1v) is 5.35. The van der Waals surface area contributed by atoms with Crippen LogP contribution in [0.1, 0.15) is 5.82 Å². The molecule has 5 nitrogen and oxygen atoms in total. The minimum Gasteiger partial charge on any atom is -0.313 e. The van der Waals surface area contributed by atoms with Crippen LogP contribution >= 0.6 is 23.2 Å². The zero-order chi connectivity index (χ0) is 11.5. The van der Waals surface area contributed by atoms with Crippen LogP contribution < -0.4 is 5.32 Å². The number of nitrogens with zero attached hydrogens (tertiary/aromatic N) is 4. The molecule has 0 radical (unpaired) electrons. The highest BCUT2D eigenvalue weighted by Gasteiger charge is 2.10. The van der Waals surface area contributed by atoms with E-state index in [2.05, 4.69) is 20.8 Å². The zero-order valence-electron chi connectivity index (χ0n) is 8.48. The lowest BCUT2D eigenvalue weighted by Gasteiger charge is -2.06. The largest absolute Gasteiger partial charge is 0.313 e. The van der Waals surface area contributed by atoms with Gasteiger partial charge in [-0.3, -0.25) is 0 Å². The smallest absolute Gasteiger partial charge is 0.170 e. The van der Waals surface area contributed by atoms with Gasteiger partial charge in [0.05, 0.1) is 17.3 Å². The van der Waals surface area contributed by atoms with Crippen LogP contribution in [0.15, 0.2) is 18.2 Å². The van der Waals surface area contributed by atoms with E-state index in [1.165, 1.54) is 0 Å². The Bertz CT molecular complexity index is 496. The molecule has 0 unspecified atom stereocenters. The van der Waals surface area contributed by atoms with Crippen molar-refractivity contribution in [1.29, 1.82) is 0 Å². The Morgan fingerprint density at radius 2 is 2.19 bits per heavy atom. The number of benzene rings is 1. The van der Waals surface area contributed by atoms with E-state index >= 15 is 0 Å². The Balaban J connectivity index is 2.49. The molecule has 1 aromatic carbocycles. The minimum atomic E-state index is 0.550. The molecule has 0 aliphatic rings. The van der Waals surface area contributed by atoms with Gasteiger partial charge in [-0.1, -0.05) is 23.2 Å². The predicted octanol–water partition coefficient (Wildman–Crippen LogP) is 1.69. The van der Waals surface area contributed by atoms with Crippen molar-refractivity contribution in [3.05, 3.63) is 34.1 Å². The van der Waals surface area contributed by atoms with E-state index in [4.69, 9.17) is 23.2 Å². The van der Waals surface area contributed by atoms with Crippen LogP contribution in [0.5, 0.6) is 0 Å². The maximum Gasteiger partial charge on any atom is 0.170 e. The molecule has 1 heterocycles. The first-order chi connectivity index (χ1) is 7.72. The van der Waals surface area contributed by atoms with Gasteiger partial charge in [-0.25, -0.2) is 0 Å². The predicted molar refractivity (Wildman–Crippen MR) is 61.9 cm³/mol. The summed E-state index contributed by atoms with van der Waals surface area (Å²) >= 11 is 12.0. The third-order valence-electron chi connectivity index (χ3n) is 2.01. The molecule has 84 valence electrons. The topological polar surface area (TPSA) is 55.6 Å². The van der Waals surface area contributed by atoms with Gasteiger partial charge in [0.1, 0.15) is 0 Å². The molecule has 0 atom stereocenters. The number of hydrogen-bond acceptors (Lipinski definition) is 4. The van der Waals surface area contributed by atoms with Gasteiger partial charge in [0.15, 0.2) is 5.82 Å². The molecule has 16 heavy (non-hydrogen) atoms. The second kappa shape index (κ2) is 4.78. The summed E-state index contributed by atoms with van der Waals surface area (Å²) in [6, 6.07) is 5.15. The van der Waals surface area contributed by atoms with E-state index in [0.29, 0.717) is 28.1 Å². The monoisotopic (exact) mass is 257 g/mol. The first kappa shape index (κ1) is 11.3. The summed E-state index contributed by atoms with van der Waals surface area (Å²) in [5, 5.41) is 15.5. The fourth-order valence-corrected chi connectivity index (χ4v) is 1.67. The van der Waals surface area contributed by atoms with Crippen LogP contribution in [0, 0.1) is 0 Å². The van der Waals surface area contributed by atoms with Gasteiger partial charge in [0.2, 0.25) is 0 Å². The average molecular weight is 258 g/mol. The SMILES string of the molecule is CNCc1nnnn1-c1cc(Cl)ccc1Cl. The Hall–Kier alpha value is -1.17. The summed E-state index contributed by atoms with van der Waals surface area (Å²) in [6.45, 7) is 0.551. The molecule has 2 aromatic rings. The van der Waals surface area contributed by atoms with Crippen LogP contribution in [0.25, 0.3) is 5.69 Å². The highest BCUT2D eigenvalue weighted by molar-refractivity contribution is 6.34. The molecule has 2 rings (SSSR count).